The van der Waals surface area contributed by atoms with Gasteiger partial charge >= 0.3 is 6.18 Å². The monoisotopic (exact) mass is 434 g/mol. The van der Waals surface area contributed by atoms with E-state index in [0.29, 0.717) is 25.1 Å². The molecule has 1 amide bonds. The van der Waals surface area contributed by atoms with Crippen LogP contribution in [-0.4, -0.2) is 62.5 Å². The van der Waals surface area contributed by atoms with Crippen molar-refractivity contribution in [1.82, 2.24) is 19.7 Å². The Bertz CT molecular complexity index is 1040. The van der Waals surface area contributed by atoms with Crippen molar-refractivity contribution in [3.8, 4) is 17.3 Å². The maximum atomic E-state index is 13.7. The van der Waals surface area contributed by atoms with Crippen LogP contribution in [0.25, 0.3) is 11.3 Å². The van der Waals surface area contributed by atoms with Gasteiger partial charge in [0.05, 0.1) is 23.6 Å². The number of carbonyl (C=O) groups is 1. The van der Waals surface area contributed by atoms with Gasteiger partial charge in [0.2, 0.25) is 5.91 Å². The van der Waals surface area contributed by atoms with Crippen LogP contribution in [0, 0.1) is 11.3 Å². The molecule has 0 unspecified atom stereocenters. The molecule has 2 atom stereocenters. The highest BCUT2D eigenvalue weighted by Crippen LogP contribution is 2.39. The van der Waals surface area contributed by atoms with Crippen LogP contribution in [0.3, 0.4) is 0 Å². The molecule has 4 rings (SSSR count). The summed E-state index contributed by atoms with van der Waals surface area (Å²) in [5, 5.41) is 23.1. The fraction of sp³-hybridized carbons (Fsp3) is 0.500. The van der Waals surface area contributed by atoms with Gasteiger partial charge in [-0.2, -0.15) is 23.5 Å². The fourth-order valence-corrected chi connectivity index (χ4v) is 3.84. The molecule has 2 fully saturated rings. The number of hydrogen-bond donors (Lipinski definition) is 1. The van der Waals surface area contributed by atoms with Crippen molar-refractivity contribution in [2.24, 2.45) is 0 Å². The van der Waals surface area contributed by atoms with Gasteiger partial charge in [0, 0.05) is 37.4 Å². The Kier molecular flexibility index (Phi) is 5.35. The largest absolute Gasteiger partial charge is 0.417 e. The van der Waals surface area contributed by atoms with Crippen molar-refractivity contribution in [3.05, 3.63) is 29.6 Å². The molecule has 2 aliphatic rings. The van der Waals surface area contributed by atoms with Gasteiger partial charge in [-0.1, -0.05) is 0 Å². The third kappa shape index (κ3) is 4.07. The number of carbonyl (C=O) groups excluding carboxylic acids is 1. The van der Waals surface area contributed by atoms with E-state index in [0.717, 1.165) is 12.5 Å². The van der Waals surface area contributed by atoms with E-state index in [1.165, 1.54) is 22.0 Å². The minimum Gasteiger partial charge on any atom is -0.391 e. The highest BCUT2D eigenvalue weighted by atomic mass is 19.4. The SMILES string of the molecule is C[C@H]1CCN1c1nc(-c2cnn(CC(=O)N3CC[C@H](O)C3)c2)cc(C(F)(F)F)c1C#N. The van der Waals surface area contributed by atoms with E-state index in [4.69, 9.17) is 0 Å². The quantitative estimate of drug-likeness (QED) is 0.791. The Morgan fingerprint density at radius 3 is 2.68 bits per heavy atom. The van der Waals surface area contributed by atoms with Crippen LogP contribution >= 0.6 is 0 Å². The molecule has 0 radical (unpaired) electrons. The number of anilines is 1. The third-order valence-corrected chi connectivity index (χ3v) is 5.75. The second-order valence-electron chi connectivity index (χ2n) is 7.90. The van der Waals surface area contributed by atoms with Crippen LogP contribution in [0.1, 0.15) is 30.9 Å². The second-order valence-corrected chi connectivity index (χ2v) is 7.90. The number of rotatable bonds is 4. The number of nitrogens with zero attached hydrogens (tertiary/aromatic N) is 6. The molecular formula is C20H21F3N6O2. The normalized spacial score (nSPS) is 21.2. The molecule has 0 aromatic carbocycles. The maximum absolute atomic E-state index is 13.7. The Balaban J connectivity index is 1.66. The summed E-state index contributed by atoms with van der Waals surface area (Å²) in [4.78, 5) is 19.9. The van der Waals surface area contributed by atoms with Gasteiger partial charge in [0.25, 0.3) is 0 Å². The summed E-state index contributed by atoms with van der Waals surface area (Å²) >= 11 is 0. The van der Waals surface area contributed by atoms with Crippen LogP contribution in [0.2, 0.25) is 0 Å². The summed E-state index contributed by atoms with van der Waals surface area (Å²) < 4.78 is 42.4. The average Bonchev–Trinajstić information content (AvgIpc) is 3.34. The molecule has 164 valence electrons. The number of halogens is 3. The highest BCUT2D eigenvalue weighted by molar-refractivity contribution is 5.76. The summed E-state index contributed by atoms with van der Waals surface area (Å²) in [6, 6.07) is 2.52. The average molecular weight is 434 g/mol. The smallest absolute Gasteiger partial charge is 0.391 e. The number of aliphatic hydroxyl groups excluding tert-OH is 1. The summed E-state index contributed by atoms with van der Waals surface area (Å²) in [6.07, 6.45) is -1.12. The second kappa shape index (κ2) is 7.85. The van der Waals surface area contributed by atoms with Crippen LogP contribution in [0.4, 0.5) is 19.0 Å². The lowest BCUT2D eigenvalue weighted by atomic mass is 10.0. The summed E-state index contributed by atoms with van der Waals surface area (Å²) in [5.74, 6) is -0.217. The van der Waals surface area contributed by atoms with Crippen LogP contribution in [0.5, 0.6) is 0 Å². The van der Waals surface area contributed by atoms with Crippen LogP contribution < -0.4 is 4.90 Å². The number of pyridine rings is 1. The van der Waals surface area contributed by atoms with E-state index in [1.807, 2.05) is 6.92 Å². The zero-order valence-electron chi connectivity index (χ0n) is 16.8. The molecule has 2 saturated heterocycles. The first-order chi connectivity index (χ1) is 14.7. The molecule has 2 aliphatic heterocycles. The van der Waals surface area contributed by atoms with Crippen molar-refractivity contribution < 1.29 is 23.1 Å². The number of aliphatic hydroxyl groups is 1. The molecule has 2 aromatic rings. The first-order valence-corrected chi connectivity index (χ1v) is 9.95. The van der Waals surface area contributed by atoms with Gasteiger partial charge in [-0.3, -0.25) is 9.48 Å². The van der Waals surface area contributed by atoms with E-state index in [2.05, 4.69) is 10.1 Å². The molecule has 31 heavy (non-hydrogen) atoms. The van der Waals surface area contributed by atoms with Gasteiger partial charge in [-0.05, 0) is 25.8 Å². The highest BCUT2D eigenvalue weighted by Gasteiger charge is 2.38. The number of alkyl halides is 3. The van der Waals surface area contributed by atoms with E-state index >= 15 is 0 Å². The van der Waals surface area contributed by atoms with Gasteiger partial charge in [-0.25, -0.2) is 4.98 Å². The zero-order valence-corrected chi connectivity index (χ0v) is 16.8. The van der Waals surface area contributed by atoms with Gasteiger partial charge in [0.15, 0.2) is 0 Å². The van der Waals surface area contributed by atoms with Crippen LogP contribution in [0.15, 0.2) is 18.5 Å². The van der Waals surface area contributed by atoms with Crippen molar-refractivity contribution >= 4 is 11.7 Å². The molecule has 0 saturated carbocycles. The molecule has 0 bridgehead atoms. The zero-order chi connectivity index (χ0) is 22.3. The Morgan fingerprint density at radius 1 is 1.35 bits per heavy atom. The molecular weight excluding hydrogens is 413 g/mol. The van der Waals surface area contributed by atoms with Crippen molar-refractivity contribution in [3.63, 3.8) is 0 Å². The van der Waals surface area contributed by atoms with Crippen molar-refractivity contribution in [1.29, 1.82) is 5.26 Å². The molecule has 11 heteroatoms. The lowest BCUT2D eigenvalue weighted by Crippen LogP contribution is -2.46. The van der Waals surface area contributed by atoms with E-state index in [1.54, 1.807) is 11.0 Å². The molecule has 4 heterocycles. The molecule has 0 aliphatic carbocycles. The number of β-amino-alcohol motifs (C(OH)–C–C–N with tert-alkyl or cyclic N) is 1. The number of nitriles is 1. The summed E-state index contributed by atoms with van der Waals surface area (Å²) in [6.45, 7) is 3.02. The number of amides is 1. The standard InChI is InChI=1S/C20H21F3N6O2/c1-12-2-5-29(12)19-15(7-24)16(20(21,22)23)6-17(26-19)13-8-25-28(9-13)11-18(31)27-4-3-14(30)10-27/h6,8-9,12,14,30H,2-5,10-11H2,1H3/t12-,14-/m0/s1. The predicted octanol–water partition coefficient (Wildman–Crippen LogP) is 2.03. The van der Waals surface area contributed by atoms with Gasteiger partial charge < -0.3 is 14.9 Å². The number of aromatic nitrogens is 3. The van der Waals surface area contributed by atoms with E-state index in [-0.39, 0.29) is 36.6 Å². The van der Waals surface area contributed by atoms with Crippen molar-refractivity contribution in [2.45, 2.75) is 44.6 Å². The number of likely N-dealkylation sites (tertiary alicyclic amines) is 1. The predicted molar refractivity (Wildman–Crippen MR) is 104 cm³/mol. The van der Waals surface area contributed by atoms with Gasteiger partial charge in [0.1, 0.15) is 24.0 Å². The van der Waals surface area contributed by atoms with Crippen molar-refractivity contribution in [2.75, 3.05) is 24.5 Å². The molecule has 2 aromatic heterocycles. The minimum absolute atomic E-state index is 0.00732. The van der Waals surface area contributed by atoms with Crippen LogP contribution in [-0.2, 0) is 17.5 Å². The first kappa shape index (κ1) is 21.1. The maximum Gasteiger partial charge on any atom is 0.417 e. The Hall–Kier alpha value is -3.13. The molecule has 1 N–H and O–H groups in total. The lowest BCUT2D eigenvalue weighted by Gasteiger charge is -2.40. The molecule has 8 nitrogen and oxygen atoms in total. The fourth-order valence-electron chi connectivity index (χ4n) is 3.84. The van der Waals surface area contributed by atoms with E-state index < -0.39 is 23.4 Å². The minimum atomic E-state index is -4.71. The van der Waals surface area contributed by atoms with E-state index in [9.17, 15) is 28.3 Å². The lowest BCUT2D eigenvalue weighted by molar-refractivity contribution is -0.137. The van der Waals surface area contributed by atoms with Gasteiger partial charge in [-0.15, -0.1) is 0 Å². The topological polar surface area (TPSA) is 98.3 Å². The summed E-state index contributed by atoms with van der Waals surface area (Å²) in [7, 11) is 0. The number of hydrogen-bond acceptors (Lipinski definition) is 6. The first-order valence-electron chi connectivity index (χ1n) is 9.95. The third-order valence-electron chi connectivity index (χ3n) is 5.75. The molecule has 0 spiro atoms. The Labute approximate surface area is 176 Å². The Morgan fingerprint density at radius 2 is 2.13 bits per heavy atom. The summed E-state index contributed by atoms with van der Waals surface area (Å²) in [5.41, 5.74) is -1.17.